The molecule has 9 heteroatoms. The second-order valence-corrected chi connectivity index (χ2v) is 11.6. The van der Waals surface area contributed by atoms with Crippen LogP contribution >= 0.6 is 0 Å². The van der Waals surface area contributed by atoms with Crippen molar-refractivity contribution in [3.05, 3.63) is 101 Å². The molecule has 0 aliphatic rings. The Morgan fingerprint density at radius 2 is 1.51 bits per heavy atom. The Hall–Kier alpha value is -3.72. The number of benzene rings is 3. The number of hydrogen-bond donors (Lipinski definition) is 1. The van der Waals surface area contributed by atoms with Crippen LogP contribution < -0.4 is 9.62 Å². The summed E-state index contributed by atoms with van der Waals surface area (Å²) in [5.74, 6) is -1.31. The third kappa shape index (κ3) is 8.13. The minimum absolute atomic E-state index is 0.00280. The van der Waals surface area contributed by atoms with Gasteiger partial charge >= 0.3 is 0 Å². The van der Waals surface area contributed by atoms with Crippen LogP contribution in [0.25, 0.3) is 0 Å². The molecule has 0 aliphatic carbocycles. The van der Waals surface area contributed by atoms with Crippen molar-refractivity contribution >= 4 is 27.5 Å². The van der Waals surface area contributed by atoms with Crippen LogP contribution in [-0.4, -0.2) is 50.5 Å². The molecule has 0 spiro atoms. The molecule has 3 rings (SSSR count). The van der Waals surface area contributed by atoms with E-state index in [1.165, 1.54) is 17.0 Å². The summed E-state index contributed by atoms with van der Waals surface area (Å²) in [5, 5.41) is 2.81. The fraction of sp³-hybridized carbons (Fsp3) is 0.333. The van der Waals surface area contributed by atoms with Crippen molar-refractivity contribution in [1.82, 2.24) is 10.2 Å². The Balaban J connectivity index is 2.07. The number of sulfonamides is 1. The Morgan fingerprint density at radius 1 is 0.897 bits per heavy atom. The first-order valence-electron chi connectivity index (χ1n) is 12.9. The molecular weight excluding hydrogens is 517 g/mol. The summed E-state index contributed by atoms with van der Waals surface area (Å²) in [6.45, 7) is 5.56. The van der Waals surface area contributed by atoms with Gasteiger partial charge in [-0.25, -0.2) is 12.8 Å². The number of anilines is 1. The van der Waals surface area contributed by atoms with Gasteiger partial charge in [0.1, 0.15) is 18.4 Å². The largest absolute Gasteiger partial charge is 0.355 e. The molecule has 3 aromatic rings. The topological polar surface area (TPSA) is 86.8 Å². The minimum atomic E-state index is -3.86. The summed E-state index contributed by atoms with van der Waals surface area (Å²) in [7, 11) is -3.86. The zero-order valence-electron chi connectivity index (χ0n) is 22.8. The van der Waals surface area contributed by atoms with E-state index in [9.17, 15) is 22.4 Å². The molecule has 0 heterocycles. The van der Waals surface area contributed by atoms with Gasteiger partial charge in [-0.1, -0.05) is 74.5 Å². The van der Waals surface area contributed by atoms with E-state index in [2.05, 4.69) is 5.32 Å². The van der Waals surface area contributed by atoms with Crippen molar-refractivity contribution < 1.29 is 22.4 Å². The quantitative estimate of drug-likeness (QED) is 0.358. The van der Waals surface area contributed by atoms with Crippen molar-refractivity contribution in [2.24, 2.45) is 0 Å². The molecule has 7 nitrogen and oxygen atoms in total. The number of carbonyl (C=O) groups excluding carboxylic acids is 2. The number of rotatable bonds is 12. The maximum atomic E-state index is 14.0. The number of nitrogens with one attached hydrogen (secondary N) is 1. The summed E-state index contributed by atoms with van der Waals surface area (Å²) in [5.41, 5.74) is 2.66. The van der Waals surface area contributed by atoms with Crippen LogP contribution in [-0.2, 0) is 32.6 Å². The third-order valence-electron chi connectivity index (χ3n) is 6.39. The molecule has 39 heavy (non-hydrogen) atoms. The number of amides is 2. The van der Waals surface area contributed by atoms with E-state index >= 15 is 0 Å². The average molecular weight is 554 g/mol. The Bertz CT molecular complexity index is 1360. The van der Waals surface area contributed by atoms with Crippen molar-refractivity contribution in [3.8, 4) is 0 Å². The van der Waals surface area contributed by atoms with E-state index in [0.717, 1.165) is 21.7 Å². The molecule has 0 fully saturated rings. The molecule has 208 valence electrons. The van der Waals surface area contributed by atoms with Gasteiger partial charge < -0.3 is 10.2 Å². The molecule has 2 amide bonds. The van der Waals surface area contributed by atoms with Gasteiger partial charge in [-0.05, 0) is 47.7 Å². The highest BCUT2D eigenvalue weighted by Crippen LogP contribution is 2.29. The highest BCUT2D eigenvalue weighted by molar-refractivity contribution is 7.92. The summed E-state index contributed by atoms with van der Waals surface area (Å²) in [6, 6.07) is 21.1. The van der Waals surface area contributed by atoms with Crippen LogP contribution in [0.2, 0.25) is 0 Å². The second kappa shape index (κ2) is 13.4. The number of para-hydroxylation sites is 1. The highest BCUT2D eigenvalue weighted by Gasteiger charge is 2.33. The molecule has 0 saturated heterocycles. The van der Waals surface area contributed by atoms with Gasteiger partial charge in [0, 0.05) is 19.5 Å². The van der Waals surface area contributed by atoms with Crippen LogP contribution in [0.4, 0.5) is 10.1 Å². The van der Waals surface area contributed by atoms with Gasteiger partial charge in [0.05, 0.1) is 11.9 Å². The number of carbonyl (C=O) groups is 2. The number of nitrogens with zero attached hydrogens (tertiary/aromatic N) is 2. The summed E-state index contributed by atoms with van der Waals surface area (Å²) in [4.78, 5) is 28.8. The van der Waals surface area contributed by atoms with E-state index in [-0.39, 0.29) is 24.8 Å². The van der Waals surface area contributed by atoms with E-state index in [0.29, 0.717) is 17.8 Å². The average Bonchev–Trinajstić information content (AvgIpc) is 2.90. The Labute approximate surface area is 230 Å². The highest BCUT2D eigenvalue weighted by atomic mass is 32.2. The summed E-state index contributed by atoms with van der Waals surface area (Å²) < 4.78 is 40.7. The zero-order valence-corrected chi connectivity index (χ0v) is 23.6. The van der Waals surface area contributed by atoms with Crippen molar-refractivity contribution in [3.63, 3.8) is 0 Å². The van der Waals surface area contributed by atoms with Crippen LogP contribution in [0.5, 0.6) is 0 Å². The predicted molar refractivity (Wildman–Crippen MR) is 152 cm³/mol. The molecule has 0 radical (unpaired) electrons. The molecule has 3 aromatic carbocycles. The summed E-state index contributed by atoms with van der Waals surface area (Å²) in [6.07, 6.45) is 1.29. The minimum Gasteiger partial charge on any atom is -0.355 e. The molecule has 1 N–H and O–H groups in total. The zero-order chi connectivity index (χ0) is 28.6. The Kier molecular flexibility index (Phi) is 10.2. The first-order chi connectivity index (χ1) is 18.5. The van der Waals surface area contributed by atoms with Gasteiger partial charge in [-0.3, -0.25) is 13.9 Å². The van der Waals surface area contributed by atoms with Gasteiger partial charge in [0.25, 0.3) is 0 Å². The fourth-order valence-corrected chi connectivity index (χ4v) is 5.30. The van der Waals surface area contributed by atoms with E-state index in [1.807, 2.05) is 56.3 Å². The predicted octanol–water partition coefficient (Wildman–Crippen LogP) is 4.49. The Morgan fingerprint density at radius 3 is 2.10 bits per heavy atom. The maximum Gasteiger partial charge on any atom is 0.244 e. The molecule has 0 aliphatic heterocycles. The molecule has 0 aromatic heterocycles. The van der Waals surface area contributed by atoms with Gasteiger partial charge in [0.2, 0.25) is 21.8 Å². The lowest BCUT2D eigenvalue weighted by molar-refractivity contribution is -0.140. The van der Waals surface area contributed by atoms with Crippen LogP contribution in [0.3, 0.4) is 0 Å². The van der Waals surface area contributed by atoms with E-state index < -0.39 is 34.3 Å². The van der Waals surface area contributed by atoms with Gasteiger partial charge in [0.15, 0.2) is 0 Å². The third-order valence-corrected chi connectivity index (χ3v) is 7.52. The van der Waals surface area contributed by atoms with Crippen LogP contribution in [0.1, 0.15) is 43.4 Å². The first kappa shape index (κ1) is 29.8. The second-order valence-electron chi connectivity index (χ2n) is 9.73. The fourth-order valence-electron chi connectivity index (χ4n) is 4.43. The molecule has 0 saturated carbocycles. The summed E-state index contributed by atoms with van der Waals surface area (Å²) >= 11 is 0. The number of likely N-dealkylation sites (N-methyl/N-ethyl adjacent to an activating group) is 1. The standard InChI is InChI=1S/C30H36FN3O4S/c1-5-32-30(36)28(19-23-11-7-6-8-12-23)33(20-24-15-17-25(31)18-16-24)29(35)21-34(39(4,37)38)27-14-10-9-13-26(27)22(2)3/h6-18,22,28H,5,19-21H2,1-4H3,(H,32,36)/t28-/m0/s1. The van der Waals surface area contributed by atoms with Gasteiger partial charge in [-0.2, -0.15) is 0 Å². The van der Waals surface area contributed by atoms with Crippen LogP contribution in [0, 0.1) is 5.82 Å². The van der Waals surface area contributed by atoms with E-state index in [4.69, 9.17) is 0 Å². The first-order valence-corrected chi connectivity index (χ1v) is 14.8. The lowest BCUT2D eigenvalue weighted by Crippen LogP contribution is -2.53. The lowest BCUT2D eigenvalue weighted by Gasteiger charge is -2.34. The normalized spacial score (nSPS) is 12.2. The molecule has 0 bridgehead atoms. The number of hydrogen-bond acceptors (Lipinski definition) is 4. The lowest BCUT2D eigenvalue weighted by atomic mass is 10.0. The number of halogens is 1. The molecule has 0 unspecified atom stereocenters. The smallest absolute Gasteiger partial charge is 0.244 e. The van der Waals surface area contributed by atoms with Crippen molar-refractivity contribution in [2.75, 3.05) is 23.7 Å². The monoisotopic (exact) mass is 553 g/mol. The SMILES string of the molecule is CCNC(=O)[C@H](Cc1ccccc1)N(Cc1ccc(F)cc1)C(=O)CN(c1ccccc1C(C)C)S(C)(=O)=O. The maximum absolute atomic E-state index is 14.0. The van der Waals surface area contributed by atoms with Crippen molar-refractivity contribution in [2.45, 2.75) is 45.7 Å². The molecular formula is C30H36FN3O4S. The van der Waals surface area contributed by atoms with E-state index in [1.54, 1.807) is 31.2 Å². The molecule has 1 atom stereocenters. The van der Waals surface area contributed by atoms with Crippen LogP contribution in [0.15, 0.2) is 78.9 Å². The van der Waals surface area contributed by atoms with Crippen molar-refractivity contribution in [1.29, 1.82) is 0 Å². The van der Waals surface area contributed by atoms with Gasteiger partial charge in [-0.15, -0.1) is 0 Å².